The highest BCUT2D eigenvalue weighted by atomic mass is 127. The number of carbonyl (C=O) groups excluding carboxylic acids is 1. The minimum Gasteiger partial charge on any atom is -0.381 e. The molecule has 1 amide bonds. The van der Waals surface area contributed by atoms with Gasteiger partial charge in [-0.25, -0.2) is 4.99 Å². The third kappa shape index (κ3) is 10.9. The molecule has 0 aromatic rings. The number of amides is 1. The van der Waals surface area contributed by atoms with Crippen LogP contribution in [0.3, 0.4) is 0 Å². The second-order valence-electron chi connectivity index (χ2n) is 6.45. The van der Waals surface area contributed by atoms with Gasteiger partial charge in [0.15, 0.2) is 5.96 Å². The lowest BCUT2D eigenvalue weighted by molar-refractivity contribution is -0.119. The number of nitrogens with zero attached hydrogens (tertiary/aromatic N) is 1. The maximum absolute atomic E-state index is 11.7. The number of carbonyl (C=O) groups is 1. The van der Waals surface area contributed by atoms with Crippen LogP contribution in [0.1, 0.15) is 39.0 Å². The van der Waals surface area contributed by atoms with Crippen molar-refractivity contribution in [3.63, 3.8) is 0 Å². The largest absolute Gasteiger partial charge is 0.381 e. The Labute approximate surface area is 168 Å². The van der Waals surface area contributed by atoms with Gasteiger partial charge >= 0.3 is 0 Å². The Balaban J connectivity index is 0.00000312. The number of hydrogen-bond donors (Lipinski definition) is 3. The van der Waals surface area contributed by atoms with Gasteiger partial charge in [-0.1, -0.05) is 0 Å². The van der Waals surface area contributed by atoms with Crippen molar-refractivity contribution in [2.45, 2.75) is 45.1 Å². The maximum Gasteiger partial charge on any atom is 0.242 e. The Morgan fingerprint density at radius 3 is 2.64 bits per heavy atom. The minimum atomic E-state index is -0.00509. The fourth-order valence-corrected chi connectivity index (χ4v) is 2.54. The first kappa shape index (κ1) is 22.4. The van der Waals surface area contributed by atoms with Gasteiger partial charge in [0.05, 0.1) is 0 Å². The van der Waals surface area contributed by atoms with E-state index in [1.54, 1.807) is 0 Å². The van der Waals surface area contributed by atoms with Gasteiger partial charge in [0.25, 0.3) is 0 Å². The molecule has 2 rings (SSSR count). The Kier molecular flexibility index (Phi) is 12.2. The molecule has 8 heteroatoms. The number of hydrogen-bond acceptors (Lipinski definition) is 4. The topological polar surface area (TPSA) is 84.0 Å². The Morgan fingerprint density at radius 1 is 1.20 bits per heavy atom. The lowest BCUT2D eigenvalue weighted by atomic mass is 10.0. The van der Waals surface area contributed by atoms with Gasteiger partial charge in [-0.2, -0.15) is 0 Å². The van der Waals surface area contributed by atoms with Crippen LogP contribution in [0, 0.1) is 5.92 Å². The number of ether oxygens (including phenoxy) is 2. The molecule has 0 spiro atoms. The smallest absolute Gasteiger partial charge is 0.242 e. The van der Waals surface area contributed by atoms with Gasteiger partial charge in [0.2, 0.25) is 5.91 Å². The zero-order valence-corrected chi connectivity index (χ0v) is 17.6. The SMILES string of the molecule is CCNC(=NCC(=O)NC1CC1)NCCCOCC1CCOCC1.I. The molecule has 7 nitrogen and oxygen atoms in total. The second-order valence-corrected chi connectivity index (χ2v) is 6.45. The van der Waals surface area contributed by atoms with Crippen molar-refractivity contribution in [1.29, 1.82) is 0 Å². The van der Waals surface area contributed by atoms with Gasteiger partial charge in [-0.3, -0.25) is 4.79 Å². The molecule has 0 unspecified atom stereocenters. The van der Waals surface area contributed by atoms with Crippen molar-refractivity contribution in [3.8, 4) is 0 Å². The van der Waals surface area contributed by atoms with Crippen molar-refractivity contribution in [2.24, 2.45) is 10.9 Å². The number of halogens is 1. The molecule has 0 atom stereocenters. The molecule has 1 saturated carbocycles. The van der Waals surface area contributed by atoms with Crippen molar-refractivity contribution in [2.75, 3.05) is 46.1 Å². The van der Waals surface area contributed by atoms with E-state index in [2.05, 4.69) is 20.9 Å². The van der Waals surface area contributed by atoms with Crippen LogP contribution in [-0.4, -0.2) is 64.0 Å². The lowest BCUT2D eigenvalue weighted by Gasteiger charge is -2.21. The molecule has 2 aliphatic rings. The van der Waals surface area contributed by atoms with Gasteiger partial charge < -0.3 is 25.4 Å². The van der Waals surface area contributed by atoms with Gasteiger partial charge in [0.1, 0.15) is 6.54 Å². The highest BCUT2D eigenvalue weighted by molar-refractivity contribution is 14.0. The standard InChI is InChI=1S/C17H32N4O3.HI/c1-2-18-17(20-12-16(22)21-15-4-5-15)19-8-3-9-24-13-14-6-10-23-11-7-14;/h14-15H,2-13H2,1H3,(H,21,22)(H2,18,19,20);1H. The minimum absolute atomic E-state index is 0. The highest BCUT2D eigenvalue weighted by Gasteiger charge is 2.22. The predicted octanol–water partition coefficient (Wildman–Crippen LogP) is 1.27. The van der Waals surface area contributed by atoms with E-state index < -0.39 is 0 Å². The molecular weight excluding hydrogens is 435 g/mol. The van der Waals surface area contributed by atoms with Crippen LogP contribution >= 0.6 is 24.0 Å². The zero-order chi connectivity index (χ0) is 17.0. The summed E-state index contributed by atoms with van der Waals surface area (Å²) in [6, 6.07) is 0.385. The summed E-state index contributed by atoms with van der Waals surface area (Å²) in [6.45, 7) is 7.05. The van der Waals surface area contributed by atoms with Crippen molar-refractivity contribution >= 4 is 35.8 Å². The summed E-state index contributed by atoms with van der Waals surface area (Å²) >= 11 is 0. The molecular formula is C17H33IN4O3. The summed E-state index contributed by atoms with van der Waals surface area (Å²) in [7, 11) is 0. The number of nitrogens with one attached hydrogen (secondary N) is 3. The third-order valence-corrected chi connectivity index (χ3v) is 4.12. The van der Waals surface area contributed by atoms with Gasteiger partial charge in [0, 0.05) is 45.6 Å². The average molecular weight is 468 g/mol. The van der Waals surface area contributed by atoms with E-state index in [4.69, 9.17) is 9.47 Å². The van der Waals surface area contributed by atoms with Crippen LogP contribution in [0.4, 0.5) is 0 Å². The normalized spacial score (nSPS) is 18.4. The first-order valence-electron chi connectivity index (χ1n) is 9.25. The van der Waals surface area contributed by atoms with Gasteiger partial charge in [-0.15, -0.1) is 24.0 Å². The Hall–Kier alpha value is -0.610. The number of guanidine groups is 1. The molecule has 1 aliphatic heterocycles. The van der Waals surface area contributed by atoms with Crippen molar-refractivity contribution < 1.29 is 14.3 Å². The molecule has 0 aromatic heterocycles. The van der Waals surface area contributed by atoms with Crippen LogP contribution in [0.25, 0.3) is 0 Å². The summed E-state index contributed by atoms with van der Waals surface area (Å²) in [6.07, 6.45) is 5.34. The predicted molar refractivity (Wildman–Crippen MR) is 110 cm³/mol. The summed E-state index contributed by atoms with van der Waals surface area (Å²) in [5, 5.41) is 9.33. The monoisotopic (exact) mass is 468 g/mol. The molecule has 1 saturated heterocycles. The number of rotatable bonds is 10. The quantitative estimate of drug-likeness (QED) is 0.195. The van der Waals surface area contributed by atoms with Crippen LogP contribution in [0.15, 0.2) is 4.99 Å². The summed E-state index contributed by atoms with van der Waals surface area (Å²) in [5.41, 5.74) is 0. The van der Waals surface area contributed by atoms with Crippen molar-refractivity contribution in [1.82, 2.24) is 16.0 Å². The summed E-state index contributed by atoms with van der Waals surface area (Å²) in [5.74, 6) is 1.33. The molecule has 1 aliphatic carbocycles. The fourth-order valence-electron chi connectivity index (χ4n) is 2.54. The molecule has 0 radical (unpaired) electrons. The molecule has 146 valence electrons. The van der Waals surface area contributed by atoms with E-state index in [-0.39, 0.29) is 36.4 Å². The maximum atomic E-state index is 11.7. The third-order valence-electron chi connectivity index (χ3n) is 4.12. The van der Waals surface area contributed by atoms with Crippen LogP contribution in [0.5, 0.6) is 0 Å². The fraction of sp³-hybridized carbons (Fsp3) is 0.882. The first-order chi connectivity index (χ1) is 11.8. The van der Waals surface area contributed by atoms with E-state index in [9.17, 15) is 4.79 Å². The van der Waals surface area contributed by atoms with Crippen LogP contribution in [-0.2, 0) is 14.3 Å². The zero-order valence-electron chi connectivity index (χ0n) is 15.2. The molecule has 3 N–H and O–H groups in total. The average Bonchev–Trinajstić information content (AvgIpc) is 3.40. The number of aliphatic imine (C=N–C) groups is 1. The summed E-state index contributed by atoms with van der Waals surface area (Å²) < 4.78 is 11.1. The first-order valence-corrected chi connectivity index (χ1v) is 9.25. The van der Waals surface area contributed by atoms with E-state index in [1.165, 1.54) is 0 Å². The van der Waals surface area contributed by atoms with E-state index in [0.29, 0.717) is 17.9 Å². The molecule has 0 aromatic carbocycles. The highest BCUT2D eigenvalue weighted by Crippen LogP contribution is 2.18. The van der Waals surface area contributed by atoms with E-state index >= 15 is 0 Å². The second kappa shape index (κ2) is 13.6. The summed E-state index contributed by atoms with van der Waals surface area (Å²) in [4.78, 5) is 16.0. The van der Waals surface area contributed by atoms with Gasteiger partial charge in [-0.05, 0) is 44.9 Å². The van der Waals surface area contributed by atoms with E-state index in [1.807, 2.05) is 6.92 Å². The Bertz CT molecular complexity index is 399. The van der Waals surface area contributed by atoms with Crippen molar-refractivity contribution in [3.05, 3.63) is 0 Å². The van der Waals surface area contributed by atoms with Crippen LogP contribution in [0.2, 0.25) is 0 Å². The lowest BCUT2D eigenvalue weighted by Crippen LogP contribution is -2.39. The van der Waals surface area contributed by atoms with Crippen LogP contribution < -0.4 is 16.0 Å². The Morgan fingerprint density at radius 2 is 1.96 bits per heavy atom. The molecule has 2 fully saturated rings. The van der Waals surface area contributed by atoms with E-state index in [0.717, 1.165) is 71.6 Å². The molecule has 25 heavy (non-hydrogen) atoms. The molecule has 1 heterocycles. The molecule has 0 bridgehead atoms.